The number of amidine groups is 1. The van der Waals surface area contributed by atoms with Crippen molar-refractivity contribution in [2.45, 2.75) is 58.4 Å². The first-order valence-corrected chi connectivity index (χ1v) is 11.0. The molecule has 3 nitrogen and oxygen atoms in total. The van der Waals surface area contributed by atoms with Crippen molar-refractivity contribution >= 4 is 17.4 Å². The van der Waals surface area contributed by atoms with Crippen LogP contribution in [0.3, 0.4) is 0 Å². The monoisotopic (exact) mass is 403 g/mol. The largest absolute Gasteiger partial charge is 0.346 e. The van der Waals surface area contributed by atoms with Crippen LogP contribution in [0.15, 0.2) is 40.4 Å². The summed E-state index contributed by atoms with van der Waals surface area (Å²) in [6, 6.07) is 0.0196. The Hall–Kier alpha value is -1.50. The Kier molecular flexibility index (Phi) is 12.0. The van der Waals surface area contributed by atoms with E-state index in [1.54, 1.807) is 0 Å². The van der Waals surface area contributed by atoms with E-state index >= 15 is 0 Å². The number of terminal acetylenes is 1. The molecule has 1 heterocycles. The topological polar surface area (TPSA) is 18.8 Å². The first kappa shape index (κ1) is 24.5. The molecule has 0 aromatic heterocycles. The Morgan fingerprint density at radius 1 is 1.36 bits per heavy atom. The van der Waals surface area contributed by atoms with E-state index in [9.17, 15) is 0 Å². The van der Waals surface area contributed by atoms with Gasteiger partial charge in [0.2, 0.25) is 0 Å². The average Bonchev–Trinajstić information content (AvgIpc) is 2.69. The zero-order valence-corrected chi connectivity index (χ0v) is 19.0. The molecule has 4 heteroatoms. The van der Waals surface area contributed by atoms with Crippen LogP contribution < -0.4 is 0 Å². The van der Waals surface area contributed by atoms with Crippen LogP contribution in [-0.2, 0) is 0 Å². The summed E-state index contributed by atoms with van der Waals surface area (Å²) in [5, 5.41) is 0.722. The maximum absolute atomic E-state index is 6.22. The highest BCUT2D eigenvalue weighted by Crippen LogP contribution is 2.17. The van der Waals surface area contributed by atoms with Gasteiger partial charge in [-0.2, -0.15) is 0 Å². The molecule has 1 aliphatic heterocycles. The second kappa shape index (κ2) is 13.6. The van der Waals surface area contributed by atoms with Crippen LogP contribution in [-0.4, -0.2) is 55.4 Å². The number of allylic oxidation sites excluding steroid dienone is 3. The van der Waals surface area contributed by atoms with Crippen molar-refractivity contribution < 1.29 is 0 Å². The van der Waals surface area contributed by atoms with Gasteiger partial charge in [-0.25, -0.2) is 0 Å². The van der Waals surface area contributed by atoms with Crippen molar-refractivity contribution in [2.24, 2.45) is 10.9 Å². The number of nitrogens with zero attached hydrogens (tertiary/aromatic N) is 3. The van der Waals surface area contributed by atoms with Gasteiger partial charge < -0.3 is 9.80 Å². The van der Waals surface area contributed by atoms with Crippen LogP contribution in [0.2, 0.25) is 0 Å². The van der Waals surface area contributed by atoms with E-state index in [0.717, 1.165) is 55.3 Å². The molecule has 0 bridgehead atoms. The molecular formula is C24H38ClN3. The highest BCUT2D eigenvalue weighted by molar-refractivity contribution is 6.31. The first-order chi connectivity index (χ1) is 13.4. The predicted octanol–water partition coefficient (Wildman–Crippen LogP) is 5.50. The third kappa shape index (κ3) is 8.67. The average molecular weight is 404 g/mol. The minimum Gasteiger partial charge on any atom is -0.346 e. The van der Waals surface area contributed by atoms with E-state index in [1.807, 2.05) is 25.3 Å². The van der Waals surface area contributed by atoms with E-state index < -0.39 is 0 Å². The molecule has 2 unspecified atom stereocenters. The molecule has 0 saturated heterocycles. The van der Waals surface area contributed by atoms with Gasteiger partial charge in [0.05, 0.1) is 6.04 Å². The molecule has 0 aromatic carbocycles. The zero-order valence-electron chi connectivity index (χ0n) is 18.3. The van der Waals surface area contributed by atoms with Gasteiger partial charge in [0.25, 0.3) is 0 Å². The van der Waals surface area contributed by atoms with Crippen molar-refractivity contribution in [1.29, 1.82) is 0 Å². The van der Waals surface area contributed by atoms with Gasteiger partial charge in [-0.15, -0.1) is 6.42 Å². The molecular weight excluding hydrogens is 366 g/mol. The highest BCUT2D eigenvalue weighted by atomic mass is 35.5. The summed E-state index contributed by atoms with van der Waals surface area (Å²) in [5.74, 6) is 4.38. The third-order valence-corrected chi connectivity index (χ3v) is 5.46. The molecule has 2 atom stereocenters. The fourth-order valence-electron chi connectivity index (χ4n) is 3.53. The molecule has 0 amide bonds. The predicted molar refractivity (Wildman–Crippen MR) is 125 cm³/mol. The lowest BCUT2D eigenvalue weighted by Gasteiger charge is -2.28. The number of hydrogen-bond donors (Lipinski definition) is 0. The van der Waals surface area contributed by atoms with Gasteiger partial charge in [-0.3, -0.25) is 4.99 Å². The summed E-state index contributed by atoms with van der Waals surface area (Å²) < 4.78 is 0. The fraction of sp³-hybridized carbons (Fsp3) is 0.625. The Balaban J connectivity index is 3.13. The van der Waals surface area contributed by atoms with Crippen LogP contribution in [0.4, 0.5) is 0 Å². The molecule has 1 rings (SSSR count). The van der Waals surface area contributed by atoms with Crippen LogP contribution in [0, 0.1) is 18.3 Å². The second-order valence-electron chi connectivity index (χ2n) is 7.73. The van der Waals surface area contributed by atoms with E-state index in [4.69, 9.17) is 23.0 Å². The molecule has 0 fully saturated rings. The summed E-state index contributed by atoms with van der Waals surface area (Å²) in [6.07, 6.45) is 18.3. The van der Waals surface area contributed by atoms with Crippen LogP contribution in [0.1, 0.15) is 52.4 Å². The van der Waals surface area contributed by atoms with Crippen molar-refractivity contribution in [1.82, 2.24) is 9.80 Å². The summed E-state index contributed by atoms with van der Waals surface area (Å²) in [6.45, 7) is 11.5. The number of aliphatic imine (C=N–C) groups is 1. The standard InChI is InChI=1S/C24H38ClN3/c1-7-10-13-21-18-26-24(20(4)15-16-22(25)12-8-2)28(6)23(9-3)14-11-17-27(5)19-21/h3,12,15-16,21,23H,4,7-8,10-11,13-14,17-19H2,1-2,5-6H3/b16-15-,22-12+,26-24-. The second-order valence-corrected chi connectivity index (χ2v) is 8.16. The number of rotatable bonds is 7. The van der Waals surface area contributed by atoms with Crippen molar-refractivity contribution in [3.63, 3.8) is 0 Å². The van der Waals surface area contributed by atoms with Gasteiger partial charge in [0, 0.05) is 30.7 Å². The quantitative estimate of drug-likeness (QED) is 0.413. The lowest BCUT2D eigenvalue weighted by atomic mass is 10.0. The van der Waals surface area contributed by atoms with Crippen LogP contribution >= 0.6 is 11.6 Å². The van der Waals surface area contributed by atoms with Gasteiger partial charge in [-0.1, -0.05) is 62.9 Å². The van der Waals surface area contributed by atoms with Gasteiger partial charge in [0.15, 0.2) is 0 Å². The fourth-order valence-corrected chi connectivity index (χ4v) is 3.75. The molecule has 1 aliphatic rings. The molecule has 0 saturated carbocycles. The van der Waals surface area contributed by atoms with E-state index in [2.05, 4.69) is 43.2 Å². The Labute approximate surface area is 178 Å². The minimum atomic E-state index is 0.0196. The highest BCUT2D eigenvalue weighted by Gasteiger charge is 2.20. The Bertz CT molecular complexity index is 612. The molecule has 0 radical (unpaired) electrons. The van der Waals surface area contributed by atoms with Crippen molar-refractivity contribution in [3.8, 4) is 12.3 Å². The SMILES string of the molecule is C#CC1CCCN(C)CC(CCCC)C/N=C(/C(=C)/C=C\C(Cl)=C/CC)N1C. The van der Waals surface area contributed by atoms with Gasteiger partial charge in [-0.05, 0) is 51.3 Å². The summed E-state index contributed by atoms with van der Waals surface area (Å²) in [7, 11) is 4.24. The number of likely N-dealkylation sites (N-methyl/N-ethyl adjacent to an activating group) is 1. The summed E-state index contributed by atoms with van der Waals surface area (Å²) >= 11 is 6.22. The molecule has 0 N–H and O–H groups in total. The maximum atomic E-state index is 6.22. The smallest absolute Gasteiger partial charge is 0.131 e. The van der Waals surface area contributed by atoms with E-state index in [1.165, 1.54) is 19.3 Å². The van der Waals surface area contributed by atoms with Crippen molar-refractivity contribution in [2.75, 3.05) is 33.7 Å². The van der Waals surface area contributed by atoms with Gasteiger partial charge in [0.1, 0.15) is 5.84 Å². The Morgan fingerprint density at radius 2 is 2.11 bits per heavy atom. The zero-order chi connectivity index (χ0) is 20.9. The molecule has 0 aromatic rings. The summed E-state index contributed by atoms with van der Waals surface area (Å²) in [5.41, 5.74) is 0.854. The molecule has 0 spiro atoms. The number of unbranched alkanes of at least 4 members (excludes halogenated alkanes) is 1. The molecule has 0 aliphatic carbocycles. The number of hydrogen-bond acceptors (Lipinski definition) is 3. The lowest BCUT2D eigenvalue weighted by molar-refractivity contribution is 0.261. The van der Waals surface area contributed by atoms with Crippen molar-refractivity contribution in [3.05, 3.63) is 35.4 Å². The normalized spacial score (nSPS) is 25.1. The minimum absolute atomic E-state index is 0.0196. The number of halogens is 1. The van der Waals surface area contributed by atoms with Gasteiger partial charge >= 0.3 is 0 Å². The van der Waals surface area contributed by atoms with E-state index in [0.29, 0.717) is 5.92 Å². The van der Waals surface area contributed by atoms with E-state index in [-0.39, 0.29) is 6.04 Å². The van der Waals surface area contributed by atoms with Crippen LogP contribution in [0.5, 0.6) is 0 Å². The summed E-state index contributed by atoms with van der Waals surface area (Å²) in [4.78, 5) is 9.55. The molecule has 156 valence electrons. The lowest BCUT2D eigenvalue weighted by Crippen LogP contribution is -2.37. The molecule has 28 heavy (non-hydrogen) atoms. The Morgan fingerprint density at radius 3 is 2.75 bits per heavy atom. The first-order valence-electron chi connectivity index (χ1n) is 10.6. The van der Waals surface area contributed by atoms with Crippen LogP contribution in [0.25, 0.3) is 0 Å². The third-order valence-electron chi connectivity index (χ3n) is 5.18. The maximum Gasteiger partial charge on any atom is 0.131 e.